The molecule has 1 aromatic heterocycles. The molecule has 3 aromatic rings. The van der Waals surface area contributed by atoms with Gasteiger partial charge >= 0.3 is 0 Å². The van der Waals surface area contributed by atoms with Gasteiger partial charge < -0.3 is 14.8 Å². The summed E-state index contributed by atoms with van der Waals surface area (Å²) in [5, 5.41) is 3.04. The summed E-state index contributed by atoms with van der Waals surface area (Å²) < 4.78 is 11.3. The molecule has 2 aromatic carbocycles. The zero-order valence-electron chi connectivity index (χ0n) is 17.4. The third-order valence-corrected chi connectivity index (χ3v) is 5.37. The van der Waals surface area contributed by atoms with Crippen molar-refractivity contribution < 1.29 is 14.3 Å². The van der Waals surface area contributed by atoms with Gasteiger partial charge in [-0.1, -0.05) is 32.0 Å². The molecule has 1 aliphatic heterocycles. The van der Waals surface area contributed by atoms with Gasteiger partial charge in [-0.05, 0) is 55.3 Å². The maximum Gasteiger partial charge on any atom is 0.227 e. The number of aromatic nitrogens is 1. The molecule has 5 nitrogen and oxygen atoms in total. The molecule has 1 N–H and O–H groups in total. The normalized spacial score (nSPS) is 12.6. The van der Waals surface area contributed by atoms with Crippen molar-refractivity contribution in [3.63, 3.8) is 0 Å². The van der Waals surface area contributed by atoms with E-state index in [0.29, 0.717) is 13.2 Å². The van der Waals surface area contributed by atoms with Gasteiger partial charge in [-0.15, -0.1) is 0 Å². The number of rotatable bonds is 6. The van der Waals surface area contributed by atoms with E-state index in [1.54, 1.807) is 0 Å². The molecule has 0 aliphatic carbocycles. The van der Waals surface area contributed by atoms with Crippen LogP contribution in [0, 0.1) is 5.92 Å². The molecule has 4 rings (SSSR count). The number of nitrogens with zero attached hydrogens (tertiary/aromatic N) is 1. The van der Waals surface area contributed by atoms with Crippen molar-refractivity contribution in [1.82, 2.24) is 4.98 Å². The Morgan fingerprint density at radius 1 is 0.900 bits per heavy atom. The van der Waals surface area contributed by atoms with Crippen molar-refractivity contribution in [3.8, 4) is 34.0 Å². The summed E-state index contributed by atoms with van der Waals surface area (Å²) >= 11 is 0. The molecule has 0 radical (unpaired) electrons. The van der Waals surface area contributed by atoms with Crippen molar-refractivity contribution >= 4 is 11.6 Å². The number of nitrogens with one attached hydrogen (secondary N) is 1. The van der Waals surface area contributed by atoms with Crippen LogP contribution >= 0.6 is 0 Å². The van der Waals surface area contributed by atoms with Crippen LogP contribution in [-0.4, -0.2) is 24.1 Å². The predicted octanol–water partition coefficient (Wildman–Crippen LogP) is 5.56. The second-order valence-electron chi connectivity index (χ2n) is 7.35. The molecule has 0 spiro atoms. The van der Waals surface area contributed by atoms with Crippen molar-refractivity contribution in [2.75, 3.05) is 18.5 Å². The number of ether oxygens (including phenoxy) is 2. The van der Waals surface area contributed by atoms with Crippen molar-refractivity contribution in [1.29, 1.82) is 0 Å². The lowest BCUT2D eigenvalue weighted by molar-refractivity contribution is -0.120. The van der Waals surface area contributed by atoms with Crippen molar-refractivity contribution in [2.24, 2.45) is 5.92 Å². The lowest BCUT2D eigenvalue weighted by Gasteiger charge is -2.18. The maximum absolute atomic E-state index is 12.4. The predicted molar refractivity (Wildman–Crippen MR) is 119 cm³/mol. The second kappa shape index (κ2) is 8.99. The molecule has 0 bridgehead atoms. The summed E-state index contributed by atoms with van der Waals surface area (Å²) in [5.74, 6) is 1.61. The summed E-state index contributed by atoms with van der Waals surface area (Å²) in [6.07, 6.45) is 1.67. The van der Waals surface area contributed by atoms with Crippen LogP contribution in [0.25, 0.3) is 22.5 Å². The Labute approximate surface area is 177 Å². The number of hydrogen-bond acceptors (Lipinski definition) is 4. The number of pyridine rings is 1. The minimum Gasteiger partial charge on any atom is -0.486 e. The topological polar surface area (TPSA) is 60.5 Å². The van der Waals surface area contributed by atoms with Crippen LogP contribution in [0.2, 0.25) is 0 Å². The fourth-order valence-corrected chi connectivity index (χ4v) is 3.62. The molecule has 0 fully saturated rings. The third kappa shape index (κ3) is 4.30. The number of hydrogen-bond donors (Lipinski definition) is 1. The molecule has 1 amide bonds. The van der Waals surface area contributed by atoms with Gasteiger partial charge in [-0.2, -0.15) is 0 Å². The average molecular weight is 402 g/mol. The Balaban J connectivity index is 1.59. The Kier molecular flexibility index (Phi) is 5.98. The Morgan fingerprint density at radius 2 is 1.57 bits per heavy atom. The summed E-state index contributed by atoms with van der Waals surface area (Å²) in [4.78, 5) is 17.3. The molecule has 2 heterocycles. The van der Waals surface area contributed by atoms with Crippen molar-refractivity contribution in [2.45, 2.75) is 26.7 Å². The molecule has 5 heteroatoms. The van der Waals surface area contributed by atoms with E-state index in [9.17, 15) is 4.79 Å². The standard InChI is InChI=1S/C25H26N2O3/c1-3-17(4-2)25(28)26-20-8-5-7-18(15-20)21-9-6-10-22(27-21)19-11-12-23-24(16-19)30-14-13-29-23/h5-12,15-17H,3-4,13-14H2,1-2H3,(H,26,28). The monoisotopic (exact) mass is 402 g/mol. The number of benzene rings is 2. The first-order valence-electron chi connectivity index (χ1n) is 10.5. The Hall–Kier alpha value is -3.34. The van der Waals surface area contributed by atoms with Gasteiger partial charge in [0.25, 0.3) is 0 Å². The number of carbonyl (C=O) groups is 1. The van der Waals surface area contributed by atoms with Crippen LogP contribution in [0.3, 0.4) is 0 Å². The van der Waals surface area contributed by atoms with Gasteiger partial charge in [0.05, 0.1) is 11.4 Å². The summed E-state index contributed by atoms with van der Waals surface area (Å²) in [6.45, 7) is 5.21. The zero-order chi connectivity index (χ0) is 20.9. The fraction of sp³-hybridized carbons (Fsp3) is 0.280. The van der Waals surface area contributed by atoms with E-state index in [4.69, 9.17) is 14.5 Å². The van der Waals surface area contributed by atoms with Crippen LogP contribution in [0.1, 0.15) is 26.7 Å². The number of carbonyl (C=O) groups excluding carboxylic acids is 1. The average Bonchev–Trinajstić information content (AvgIpc) is 2.80. The molecular weight excluding hydrogens is 376 g/mol. The molecule has 0 saturated carbocycles. The summed E-state index contributed by atoms with van der Waals surface area (Å²) in [5.41, 5.74) is 4.42. The quantitative estimate of drug-likeness (QED) is 0.586. The Bertz CT molecular complexity index is 1040. The van der Waals surface area contributed by atoms with E-state index >= 15 is 0 Å². The number of fused-ring (bicyclic) bond motifs is 1. The van der Waals surface area contributed by atoms with Crippen LogP contribution in [0.5, 0.6) is 11.5 Å². The second-order valence-corrected chi connectivity index (χ2v) is 7.35. The fourth-order valence-electron chi connectivity index (χ4n) is 3.62. The van der Waals surface area contributed by atoms with Crippen LogP contribution in [-0.2, 0) is 4.79 Å². The van der Waals surface area contributed by atoms with Gasteiger partial charge in [0.2, 0.25) is 5.91 Å². The first kappa shape index (κ1) is 20.0. The van der Waals surface area contributed by atoms with E-state index < -0.39 is 0 Å². The van der Waals surface area contributed by atoms with Gasteiger partial charge in [0, 0.05) is 22.7 Å². The molecule has 1 aliphatic rings. The molecular formula is C25H26N2O3. The molecule has 0 unspecified atom stereocenters. The zero-order valence-corrected chi connectivity index (χ0v) is 17.4. The SMILES string of the molecule is CCC(CC)C(=O)Nc1cccc(-c2cccc(-c3ccc4c(c3)OCCO4)n2)c1. The smallest absolute Gasteiger partial charge is 0.227 e. The number of anilines is 1. The maximum atomic E-state index is 12.4. The third-order valence-electron chi connectivity index (χ3n) is 5.37. The van der Waals surface area contributed by atoms with E-state index in [-0.39, 0.29) is 11.8 Å². The van der Waals surface area contributed by atoms with E-state index in [2.05, 4.69) is 5.32 Å². The van der Waals surface area contributed by atoms with Crippen molar-refractivity contribution in [3.05, 3.63) is 60.7 Å². The van der Waals surface area contributed by atoms with Gasteiger partial charge in [-0.25, -0.2) is 4.98 Å². The van der Waals surface area contributed by atoms with Gasteiger partial charge in [0.15, 0.2) is 11.5 Å². The van der Waals surface area contributed by atoms with E-state index in [1.165, 1.54) is 0 Å². The first-order valence-corrected chi connectivity index (χ1v) is 10.5. The molecule has 0 saturated heterocycles. The summed E-state index contributed by atoms with van der Waals surface area (Å²) in [7, 11) is 0. The van der Waals surface area contributed by atoms with Crippen LogP contribution < -0.4 is 14.8 Å². The molecule has 30 heavy (non-hydrogen) atoms. The molecule has 154 valence electrons. The number of amides is 1. The van der Waals surface area contributed by atoms with E-state index in [0.717, 1.165) is 52.5 Å². The Morgan fingerprint density at radius 3 is 2.30 bits per heavy atom. The summed E-state index contributed by atoms with van der Waals surface area (Å²) in [6, 6.07) is 19.6. The van der Waals surface area contributed by atoms with Gasteiger partial charge in [-0.3, -0.25) is 4.79 Å². The van der Waals surface area contributed by atoms with Crippen LogP contribution in [0.4, 0.5) is 5.69 Å². The highest BCUT2D eigenvalue weighted by Crippen LogP contribution is 2.34. The highest BCUT2D eigenvalue weighted by molar-refractivity contribution is 5.93. The van der Waals surface area contributed by atoms with Gasteiger partial charge in [0.1, 0.15) is 13.2 Å². The van der Waals surface area contributed by atoms with Crippen LogP contribution in [0.15, 0.2) is 60.7 Å². The minimum atomic E-state index is 0.0327. The minimum absolute atomic E-state index is 0.0327. The first-order chi connectivity index (χ1) is 14.7. The van der Waals surface area contributed by atoms with E-state index in [1.807, 2.05) is 74.5 Å². The lowest BCUT2D eigenvalue weighted by Crippen LogP contribution is -2.21. The lowest BCUT2D eigenvalue weighted by atomic mass is 10.0. The highest BCUT2D eigenvalue weighted by Gasteiger charge is 2.15. The highest BCUT2D eigenvalue weighted by atomic mass is 16.6. The largest absolute Gasteiger partial charge is 0.486 e. The molecule has 0 atom stereocenters.